The van der Waals surface area contributed by atoms with Crippen LogP contribution in [0.5, 0.6) is 11.5 Å². The Morgan fingerprint density at radius 1 is 1.23 bits per heavy atom. The number of carbonyl (C=O) groups excluding carboxylic acids is 1. The first-order valence-electron chi connectivity index (χ1n) is 8.23. The maximum Gasteiger partial charge on any atom is 0.339 e. The summed E-state index contributed by atoms with van der Waals surface area (Å²) in [5.74, 6) is 0.698. The molecule has 2 N–H and O–H groups in total. The second kappa shape index (κ2) is 8.42. The number of aromatic carboxylic acids is 1. The average molecular weight is 361 g/mol. The molecule has 0 spiro atoms. The number of amides is 1. The number of nitrogens with one attached hydrogen (secondary N) is 1. The summed E-state index contributed by atoms with van der Waals surface area (Å²) in [6.07, 6.45) is 0. The maximum absolute atomic E-state index is 12.3. The van der Waals surface area contributed by atoms with Gasteiger partial charge in [0, 0.05) is 5.56 Å². The monoisotopic (exact) mass is 361 g/mol. The number of hydrogen-bond donors (Lipinski definition) is 2. The Bertz CT molecular complexity index is 793. The summed E-state index contributed by atoms with van der Waals surface area (Å²) in [5.41, 5.74) is 0.489. The molecule has 0 aliphatic carbocycles. The van der Waals surface area contributed by atoms with Gasteiger partial charge in [0.1, 0.15) is 17.1 Å². The molecule has 7 nitrogen and oxygen atoms in total. The molecular weight excluding hydrogens is 338 g/mol. The number of carboxylic acids is 1. The summed E-state index contributed by atoms with van der Waals surface area (Å²) in [6.45, 7) is 6.28. The Hall–Kier alpha value is -2.96. The van der Waals surface area contributed by atoms with Crippen molar-refractivity contribution >= 4 is 11.9 Å². The van der Waals surface area contributed by atoms with Crippen molar-refractivity contribution in [3.8, 4) is 11.5 Å². The molecule has 0 aliphatic heterocycles. The van der Waals surface area contributed by atoms with E-state index in [-0.39, 0.29) is 18.0 Å². The van der Waals surface area contributed by atoms with Crippen LogP contribution in [-0.4, -0.2) is 30.7 Å². The van der Waals surface area contributed by atoms with Crippen molar-refractivity contribution in [1.29, 1.82) is 0 Å². The van der Waals surface area contributed by atoms with Gasteiger partial charge in [-0.15, -0.1) is 0 Å². The van der Waals surface area contributed by atoms with Crippen LogP contribution in [0.3, 0.4) is 0 Å². The highest BCUT2D eigenvalue weighted by molar-refractivity contribution is 5.95. The second-order valence-corrected chi connectivity index (χ2v) is 6.24. The van der Waals surface area contributed by atoms with Crippen molar-refractivity contribution in [3.63, 3.8) is 0 Å². The van der Waals surface area contributed by atoms with E-state index in [1.54, 1.807) is 25.1 Å². The molecule has 1 heterocycles. The number of carbonyl (C=O) groups is 2. The van der Waals surface area contributed by atoms with Crippen molar-refractivity contribution in [3.05, 3.63) is 46.9 Å². The van der Waals surface area contributed by atoms with Crippen molar-refractivity contribution in [1.82, 2.24) is 5.32 Å². The van der Waals surface area contributed by atoms with Gasteiger partial charge in [0.05, 0.1) is 20.3 Å². The van der Waals surface area contributed by atoms with Gasteiger partial charge in [0.2, 0.25) is 0 Å². The number of carboxylic acid groups (broad SMARTS) is 1. The molecule has 0 saturated heterocycles. The van der Waals surface area contributed by atoms with Crippen LogP contribution in [0, 0.1) is 12.8 Å². The summed E-state index contributed by atoms with van der Waals surface area (Å²) >= 11 is 0. The molecule has 0 fully saturated rings. The van der Waals surface area contributed by atoms with Gasteiger partial charge in [-0.05, 0) is 37.1 Å². The summed E-state index contributed by atoms with van der Waals surface area (Å²) in [7, 11) is 1.51. The quantitative estimate of drug-likeness (QED) is 0.749. The van der Waals surface area contributed by atoms with E-state index < -0.39 is 5.97 Å². The Balaban J connectivity index is 2.05. The van der Waals surface area contributed by atoms with Crippen LogP contribution in [0.1, 0.15) is 46.1 Å². The van der Waals surface area contributed by atoms with Gasteiger partial charge >= 0.3 is 5.97 Å². The second-order valence-electron chi connectivity index (χ2n) is 6.24. The minimum atomic E-state index is -1.06. The zero-order chi connectivity index (χ0) is 19.3. The molecule has 7 heteroatoms. The van der Waals surface area contributed by atoms with Gasteiger partial charge < -0.3 is 24.3 Å². The number of benzene rings is 1. The van der Waals surface area contributed by atoms with Crippen molar-refractivity contribution in [2.75, 3.05) is 13.7 Å². The zero-order valence-corrected chi connectivity index (χ0v) is 15.3. The van der Waals surface area contributed by atoms with E-state index in [0.717, 1.165) is 0 Å². The Morgan fingerprint density at radius 2 is 1.96 bits per heavy atom. The normalized spacial score (nSPS) is 10.7. The molecule has 1 aromatic heterocycles. The molecule has 1 amide bonds. The largest absolute Gasteiger partial charge is 0.493 e. The van der Waals surface area contributed by atoms with E-state index in [9.17, 15) is 9.59 Å². The molecule has 0 bridgehead atoms. The first kappa shape index (κ1) is 19.4. The van der Waals surface area contributed by atoms with E-state index >= 15 is 0 Å². The minimum Gasteiger partial charge on any atom is -0.493 e. The van der Waals surface area contributed by atoms with E-state index in [0.29, 0.717) is 41.1 Å². The van der Waals surface area contributed by atoms with Gasteiger partial charge in [0.25, 0.3) is 5.91 Å². The highest BCUT2D eigenvalue weighted by Crippen LogP contribution is 2.28. The fraction of sp³-hybridized carbons (Fsp3) is 0.368. The average Bonchev–Trinajstić information content (AvgIpc) is 2.98. The van der Waals surface area contributed by atoms with Crippen LogP contribution >= 0.6 is 0 Å². The fourth-order valence-electron chi connectivity index (χ4n) is 2.30. The van der Waals surface area contributed by atoms with Crippen LogP contribution in [0.25, 0.3) is 0 Å². The maximum atomic E-state index is 12.3. The van der Waals surface area contributed by atoms with Crippen LogP contribution in [0.2, 0.25) is 0 Å². The lowest BCUT2D eigenvalue weighted by Gasteiger charge is -2.13. The highest BCUT2D eigenvalue weighted by atomic mass is 16.5. The molecule has 0 radical (unpaired) electrons. The lowest BCUT2D eigenvalue weighted by Crippen LogP contribution is -2.22. The van der Waals surface area contributed by atoms with Gasteiger partial charge in [-0.25, -0.2) is 4.79 Å². The summed E-state index contributed by atoms with van der Waals surface area (Å²) < 4.78 is 16.3. The Labute approximate surface area is 151 Å². The lowest BCUT2D eigenvalue weighted by molar-refractivity contribution is 0.0694. The standard InChI is InChI=1S/C19H23NO6/c1-11(2)10-25-16-6-5-13(7-17(16)24-4)18(21)20-9-14-8-15(19(22)23)12(3)26-14/h5-8,11H,9-10H2,1-4H3,(H,20,21)(H,22,23). The molecule has 2 rings (SSSR count). The molecule has 0 unspecified atom stereocenters. The van der Waals surface area contributed by atoms with Gasteiger partial charge in [-0.2, -0.15) is 0 Å². The van der Waals surface area contributed by atoms with Crippen molar-refractivity contribution < 1.29 is 28.6 Å². The number of furan rings is 1. The van der Waals surface area contributed by atoms with Gasteiger partial charge in [-0.3, -0.25) is 4.79 Å². The topological polar surface area (TPSA) is 98.0 Å². The molecular formula is C19H23NO6. The predicted octanol–water partition coefficient (Wildman–Crippen LogP) is 3.26. The first-order valence-corrected chi connectivity index (χ1v) is 8.23. The number of hydrogen-bond acceptors (Lipinski definition) is 5. The highest BCUT2D eigenvalue weighted by Gasteiger charge is 2.15. The fourth-order valence-corrected chi connectivity index (χ4v) is 2.30. The van der Waals surface area contributed by atoms with E-state index in [1.165, 1.54) is 13.2 Å². The van der Waals surface area contributed by atoms with Gasteiger partial charge in [0.15, 0.2) is 11.5 Å². The summed E-state index contributed by atoms with van der Waals surface area (Å²) in [4.78, 5) is 23.3. The molecule has 0 aliphatic rings. The van der Waals surface area contributed by atoms with Gasteiger partial charge in [-0.1, -0.05) is 13.8 Å². The molecule has 140 valence electrons. The molecule has 1 aromatic carbocycles. The number of aryl methyl sites for hydroxylation is 1. The number of ether oxygens (including phenoxy) is 2. The zero-order valence-electron chi connectivity index (χ0n) is 15.3. The van der Waals surface area contributed by atoms with Crippen LogP contribution in [0.15, 0.2) is 28.7 Å². The lowest BCUT2D eigenvalue weighted by atomic mass is 10.2. The smallest absolute Gasteiger partial charge is 0.339 e. The molecule has 0 atom stereocenters. The van der Waals surface area contributed by atoms with E-state index in [2.05, 4.69) is 5.32 Å². The predicted molar refractivity (Wildman–Crippen MR) is 94.9 cm³/mol. The van der Waals surface area contributed by atoms with Crippen LogP contribution in [-0.2, 0) is 6.54 Å². The minimum absolute atomic E-state index is 0.0842. The SMILES string of the molecule is COc1cc(C(=O)NCc2cc(C(=O)O)c(C)o2)ccc1OCC(C)C. The van der Waals surface area contributed by atoms with E-state index in [4.69, 9.17) is 19.0 Å². The van der Waals surface area contributed by atoms with Crippen molar-refractivity contribution in [2.24, 2.45) is 5.92 Å². The van der Waals surface area contributed by atoms with Crippen molar-refractivity contribution in [2.45, 2.75) is 27.3 Å². The Morgan fingerprint density at radius 3 is 2.54 bits per heavy atom. The third-order valence-corrected chi connectivity index (χ3v) is 3.62. The number of methoxy groups -OCH3 is 1. The third-order valence-electron chi connectivity index (χ3n) is 3.62. The molecule has 2 aromatic rings. The summed E-state index contributed by atoms with van der Waals surface area (Å²) in [5, 5.41) is 11.7. The van der Waals surface area contributed by atoms with E-state index in [1.807, 2.05) is 13.8 Å². The third kappa shape index (κ3) is 4.78. The van der Waals surface area contributed by atoms with Crippen LogP contribution in [0.4, 0.5) is 0 Å². The Kier molecular flexibility index (Phi) is 6.27. The number of rotatable bonds is 8. The summed E-state index contributed by atoms with van der Waals surface area (Å²) in [6, 6.07) is 6.34. The van der Waals surface area contributed by atoms with Crippen LogP contribution < -0.4 is 14.8 Å². The molecule has 26 heavy (non-hydrogen) atoms. The molecule has 0 saturated carbocycles. The first-order chi connectivity index (χ1) is 12.3.